The molecule has 0 aromatic heterocycles. The number of ether oxygens (including phenoxy) is 1. The Morgan fingerprint density at radius 1 is 1.13 bits per heavy atom. The van der Waals surface area contributed by atoms with Gasteiger partial charge in [0.05, 0.1) is 23.1 Å². The Balaban J connectivity index is 1.65. The number of benzene rings is 2. The Labute approximate surface area is 181 Å². The van der Waals surface area contributed by atoms with Gasteiger partial charge in [-0.25, -0.2) is 13.1 Å². The Bertz CT molecular complexity index is 970. The van der Waals surface area contributed by atoms with Gasteiger partial charge in [-0.2, -0.15) is 17.0 Å². The number of rotatable bonds is 12. The van der Waals surface area contributed by atoms with Gasteiger partial charge < -0.3 is 10.1 Å². The number of amides is 1. The van der Waals surface area contributed by atoms with Crippen LogP contribution >= 0.6 is 11.8 Å². The van der Waals surface area contributed by atoms with Crippen LogP contribution in [0.1, 0.15) is 24.5 Å². The Hall–Kier alpha value is -2.54. The average Bonchev–Trinajstić information content (AvgIpc) is 2.74. The normalized spacial score (nSPS) is 10.9. The topological polar surface area (TPSA) is 108 Å². The van der Waals surface area contributed by atoms with E-state index < -0.39 is 10.0 Å². The third-order valence-electron chi connectivity index (χ3n) is 4.05. The highest BCUT2D eigenvalue weighted by Gasteiger charge is 2.14. The lowest BCUT2D eigenvalue weighted by Crippen LogP contribution is -2.31. The second kappa shape index (κ2) is 12.2. The fourth-order valence-corrected chi connectivity index (χ4v) is 4.45. The number of hydrogen-bond acceptors (Lipinski definition) is 6. The molecular formula is C21H25N3O4S2. The van der Waals surface area contributed by atoms with Gasteiger partial charge in [-0.05, 0) is 42.8 Å². The number of carbonyl (C=O) groups excluding carboxylic acids is 1. The van der Waals surface area contributed by atoms with Crippen molar-refractivity contribution in [2.75, 3.05) is 25.4 Å². The van der Waals surface area contributed by atoms with Crippen molar-refractivity contribution in [3.05, 3.63) is 59.7 Å². The van der Waals surface area contributed by atoms with Crippen molar-refractivity contribution in [1.29, 1.82) is 5.26 Å². The van der Waals surface area contributed by atoms with E-state index in [9.17, 15) is 13.2 Å². The number of carbonyl (C=O) groups is 1. The first-order valence-electron chi connectivity index (χ1n) is 9.51. The Kier molecular flexibility index (Phi) is 9.67. The molecule has 0 unspecified atom stereocenters. The molecule has 0 fully saturated rings. The van der Waals surface area contributed by atoms with E-state index in [1.165, 1.54) is 12.1 Å². The molecule has 0 heterocycles. The monoisotopic (exact) mass is 447 g/mol. The molecule has 1 amide bonds. The zero-order valence-corrected chi connectivity index (χ0v) is 18.4. The maximum absolute atomic E-state index is 12.3. The molecule has 0 aliphatic rings. The molecule has 2 aromatic rings. The number of sulfonamides is 1. The molecule has 30 heavy (non-hydrogen) atoms. The van der Waals surface area contributed by atoms with Crippen LogP contribution < -0.4 is 14.8 Å². The van der Waals surface area contributed by atoms with E-state index in [4.69, 9.17) is 10.00 Å². The van der Waals surface area contributed by atoms with Crippen LogP contribution in [0.3, 0.4) is 0 Å². The van der Waals surface area contributed by atoms with Crippen LogP contribution in [-0.4, -0.2) is 39.8 Å². The van der Waals surface area contributed by atoms with Crippen molar-refractivity contribution >= 4 is 27.7 Å². The molecule has 0 bridgehead atoms. The summed E-state index contributed by atoms with van der Waals surface area (Å²) >= 11 is 1.62. The fourth-order valence-electron chi connectivity index (χ4n) is 2.55. The van der Waals surface area contributed by atoms with Crippen LogP contribution in [0.5, 0.6) is 5.75 Å². The fraction of sp³-hybridized carbons (Fsp3) is 0.333. The van der Waals surface area contributed by atoms with Crippen molar-refractivity contribution in [3.63, 3.8) is 0 Å². The smallest absolute Gasteiger partial charge is 0.240 e. The Morgan fingerprint density at radius 2 is 1.87 bits per heavy atom. The minimum Gasteiger partial charge on any atom is -0.494 e. The zero-order valence-electron chi connectivity index (χ0n) is 16.8. The van der Waals surface area contributed by atoms with Gasteiger partial charge >= 0.3 is 0 Å². The molecule has 0 aliphatic heterocycles. The van der Waals surface area contributed by atoms with Crippen molar-refractivity contribution in [3.8, 4) is 11.8 Å². The third-order valence-corrected chi connectivity index (χ3v) is 6.54. The van der Waals surface area contributed by atoms with Gasteiger partial charge in [0, 0.05) is 31.0 Å². The van der Waals surface area contributed by atoms with Crippen LogP contribution in [0.25, 0.3) is 0 Å². The predicted octanol–water partition coefficient (Wildman–Crippen LogP) is 2.67. The van der Waals surface area contributed by atoms with Crippen molar-refractivity contribution in [2.45, 2.75) is 24.0 Å². The third kappa shape index (κ3) is 7.71. The molecule has 0 atom stereocenters. The van der Waals surface area contributed by atoms with Crippen LogP contribution in [0.4, 0.5) is 0 Å². The molecule has 0 radical (unpaired) electrons. The van der Waals surface area contributed by atoms with E-state index in [1.807, 2.05) is 25.1 Å². The first kappa shape index (κ1) is 23.7. The maximum Gasteiger partial charge on any atom is 0.240 e. The zero-order chi connectivity index (χ0) is 21.8. The summed E-state index contributed by atoms with van der Waals surface area (Å²) in [5.74, 6) is 1.78. The summed E-state index contributed by atoms with van der Waals surface area (Å²) in [7, 11) is -3.67. The van der Waals surface area contributed by atoms with Crippen LogP contribution in [-0.2, 0) is 20.6 Å². The average molecular weight is 448 g/mol. The lowest BCUT2D eigenvalue weighted by molar-refractivity contribution is -0.120. The highest BCUT2D eigenvalue weighted by atomic mass is 32.2. The second-order valence-corrected chi connectivity index (χ2v) is 9.10. The molecule has 0 saturated carbocycles. The summed E-state index contributed by atoms with van der Waals surface area (Å²) in [4.78, 5) is 12.0. The van der Waals surface area contributed by atoms with Gasteiger partial charge in [-0.3, -0.25) is 4.79 Å². The minimum absolute atomic E-state index is 0.0179. The lowest BCUT2D eigenvalue weighted by Gasteiger charge is -2.09. The number of hydrogen-bond donors (Lipinski definition) is 2. The Morgan fingerprint density at radius 3 is 2.57 bits per heavy atom. The highest BCUT2D eigenvalue weighted by Crippen LogP contribution is 2.16. The lowest BCUT2D eigenvalue weighted by atomic mass is 10.1. The SMILES string of the molecule is CCOc1ccc(S(=O)(=O)NCCC(=O)NCCSCc2ccccc2C#N)cc1. The predicted molar refractivity (Wildman–Crippen MR) is 118 cm³/mol. The van der Waals surface area contributed by atoms with Crippen molar-refractivity contribution < 1.29 is 17.9 Å². The molecule has 7 nitrogen and oxygen atoms in total. The van der Waals surface area contributed by atoms with Crippen molar-refractivity contribution in [1.82, 2.24) is 10.0 Å². The molecule has 0 spiro atoms. The molecule has 9 heteroatoms. The molecular weight excluding hydrogens is 422 g/mol. The highest BCUT2D eigenvalue weighted by molar-refractivity contribution is 7.98. The van der Waals surface area contributed by atoms with Gasteiger partial charge in [0.25, 0.3) is 0 Å². The van der Waals surface area contributed by atoms with Crippen molar-refractivity contribution in [2.24, 2.45) is 0 Å². The number of nitrogens with zero attached hydrogens (tertiary/aromatic N) is 1. The molecule has 0 saturated heterocycles. The number of nitriles is 1. The van der Waals surface area contributed by atoms with E-state index >= 15 is 0 Å². The van der Waals surface area contributed by atoms with E-state index in [0.717, 1.165) is 5.56 Å². The van der Waals surface area contributed by atoms with Gasteiger partial charge in [0.15, 0.2) is 0 Å². The molecule has 2 rings (SSSR count). The van der Waals surface area contributed by atoms with Gasteiger partial charge in [-0.1, -0.05) is 18.2 Å². The van der Waals surface area contributed by atoms with Crippen LogP contribution in [0.15, 0.2) is 53.4 Å². The van der Waals surface area contributed by atoms with E-state index in [1.54, 1.807) is 30.0 Å². The van der Waals surface area contributed by atoms with Gasteiger partial charge in [-0.15, -0.1) is 0 Å². The van der Waals surface area contributed by atoms with E-state index in [0.29, 0.717) is 36.0 Å². The summed E-state index contributed by atoms with van der Waals surface area (Å²) < 4.78 is 32.2. The summed E-state index contributed by atoms with van der Waals surface area (Å²) in [6.07, 6.45) is 0.0538. The molecule has 0 aliphatic carbocycles. The molecule has 2 aromatic carbocycles. The van der Waals surface area contributed by atoms with Crippen LogP contribution in [0, 0.1) is 11.3 Å². The maximum atomic E-state index is 12.3. The minimum atomic E-state index is -3.67. The largest absolute Gasteiger partial charge is 0.494 e. The standard InChI is InChI=1S/C21H25N3O4S2/c1-2-28-19-7-9-20(10-8-19)30(26,27)24-12-11-21(25)23-13-14-29-16-18-6-4-3-5-17(18)15-22/h3-10,24H,2,11-14,16H2,1H3,(H,23,25). The summed E-state index contributed by atoms with van der Waals surface area (Å²) in [5.41, 5.74) is 1.63. The van der Waals surface area contributed by atoms with Crippen LogP contribution in [0.2, 0.25) is 0 Å². The number of nitrogens with one attached hydrogen (secondary N) is 2. The molecule has 2 N–H and O–H groups in total. The summed E-state index contributed by atoms with van der Waals surface area (Å²) in [5, 5.41) is 11.8. The van der Waals surface area contributed by atoms with E-state index in [-0.39, 0.29) is 23.8 Å². The second-order valence-electron chi connectivity index (χ2n) is 6.22. The van der Waals surface area contributed by atoms with Gasteiger partial charge in [0.2, 0.25) is 15.9 Å². The first-order chi connectivity index (χ1) is 14.5. The first-order valence-corrected chi connectivity index (χ1v) is 12.1. The number of thioether (sulfide) groups is 1. The quantitative estimate of drug-likeness (QED) is 0.484. The summed E-state index contributed by atoms with van der Waals surface area (Å²) in [6, 6.07) is 15.7. The molecule has 160 valence electrons. The van der Waals surface area contributed by atoms with E-state index in [2.05, 4.69) is 16.1 Å². The van der Waals surface area contributed by atoms with Gasteiger partial charge in [0.1, 0.15) is 5.75 Å². The summed E-state index contributed by atoms with van der Waals surface area (Å²) in [6.45, 7) is 2.85.